The van der Waals surface area contributed by atoms with Gasteiger partial charge in [-0.25, -0.2) is 0 Å². The van der Waals surface area contributed by atoms with Gasteiger partial charge in [0.05, 0.1) is 19.8 Å². The van der Waals surface area contributed by atoms with E-state index >= 15 is 0 Å². The molecule has 0 aromatic rings. The van der Waals surface area contributed by atoms with Crippen LogP contribution in [0.1, 0.15) is 40.0 Å². The Balaban J connectivity index is 3.22. The Labute approximate surface area is 94.5 Å². The van der Waals surface area contributed by atoms with E-state index < -0.39 is 0 Å². The van der Waals surface area contributed by atoms with Crippen LogP contribution in [0.15, 0.2) is 0 Å². The molecule has 3 nitrogen and oxygen atoms in total. The number of hydrogen-bond acceptors (Lipinski definition) is 3. The first kappa shape index (κ1) is 14.9. The van der Waals surface area contributed by atoms with Gasteiger partial charge in [-0.15, -0.1) is 0 Å². The molecule has 0 aliphatic rings. The second-order valence-electron chi connectivity index (χ2n) is 3.75. The monoisotopic (exact) mass is 217 g/mol. The molecule has 1 atom stereocenters. The van der Waals surface area contributed by atoms with Gasteiger partial charge in [0.1, 0.15) is 0 Å². The predicted molar refractivity (Wildman–Crippen MR) is 64.3 cm³/mol. The van der Waals surface area contributed by atoms with Crippen LogP contribution < -0.4 is 5.32 Å². The lowest BCUT2D eigenvalue weighted by molar-refractivity contribution is 0.0389. The molecule has 0 aliphatic heterocycles. The summed E-state index contributed by atoms with van der Waals surface area (Å²) in [5.74, 6) is 0. The molecular weight excluding hydrogens is 190 g/mol. The maximum atomic E-state index is 5.54. The SMILES string of the molecule is CCCNC(CC)COCCOCCC. The summed E-state index contributed by atoms with van der Waals surface area (Å²) < 4.78 is 10.9. The van der Waals surface area contributed by atoms with E-state index in [1.54, 1.807) is 0 Å². The third kappa shape index (κ3) is 10.2. The smallest absolute Gasteiger partial charge is 0.0701 e. The van der Waals surface area contributed by atoms with Crippen molar-refractivity contribution >= 4 is 0 Å². The minimum Gasteiger partial charge on any atom is -0.379 e. The van der Waals surface area contributed by atoms with E-state index in [2.05, 4.69) is 26.1 Å². The molecule has 0 saturated heterocycles. The molecule has 0 radical (unpaired) electrons. The van der Waals surface area contributed by atoms with E-state index in [1.165, 1.54) is 6.42 Å². The van der Waals surface area contributed by atoms with Crippen LogP contribution in [0, 0.1) is 0 Å². The molecule has 0 fully saturated rings. The molecule has 0 spiro atoms. The van der Waals surface area contributed by atoms with Crippen LogP contribution in [0.3, 0.4) is 0 Å². The highest BCUT2D eigenvalue weighted by Crippen LogP contribution is 1.93. The Kier molecular flexibility index (Phi) is 11.9. The summed E-state index contributed by atoms with van der Waals surface area (Å²) in [7, 11) is 0. The fraction of sp³-hybridized carbons (Fsp3) is 1.00. The van der Waals surface area contributed by atoms with E-state index in [1.807, 2.05) is 0 Å². The van der Waals surface area contributed by atoms with Crippen molar-refractivity contribution in [2.24, 2.45) is 0 Å². The third-order valence-electron chi connectivity index (χ3n) is 2.22. The van der Waals surface area contributed by atoms with Gasteiger partial charge in [0, 0.05) is 12.6 Å². The maximum absolute atomic E-state index is 5.54. The molecule has 3 heteroatoms. The van der Waals surface area contributed by atoms with Crippen LogP contribution in [0.25, 0.3) is 0 Å². The zero-order valence-corrected chi connectivity index (χ0v) is 10.6. The summed E-state index contributed by atoms with van der Waals surface area (Å²) in [6.07, 6.45) is 3.38. The van der Waals surface area contributed by atoms with Crippen LogP contribution >= 0.6 is 0 Å². The molecule has 1 N–H and O–H groups in total. The lowest BCUT2D eigenvalue weighted by atomic mass is 10.2. The summed E-state index contributed by atoms with van der Waals surface area (Å²) in [4.78, 5) is 0. The van der Waals surface area contributed by atoms with Gasteiger partial charge in [0.2, 0.25) is 0 Å². The first-order valence-corrected chi connectivity index (χ1v) is 6.23. The first-order chi connectivity index (χ1) is 7.35. The summed E-state index contributed by atoms with van der Waals surface area (Å²) in [6, 6.07) is 0.496. The number of rotatable bonds is 11. The Morgan fingerprint density at radius 1 is 0.933 bits per heavy atom. The van der Waals surface area contributed by atoms with Crippen molar-refractivity contribution in [3.8, 4) is 0 Å². The highest BCUT2D eigenvalue weighted by molar-refractivity contribution is 4.62. The third-order valence-corrected chi connectivity index (χ3v) is 2.22. The van der Waals surface area contributed by atoms with Crippen molar-refractivity contribution in [3.63, 3.8) is 0 Å². The molecule has 0 heterocycles. The van der Waals surface area contributed by atoms with Crippen molar-refractivity contribution in [1.29, 1.82) is 0 Å². The Morgan fingerprint density at radius 2 is 1.67 bits per heavy atom. The Morgan fingerprint density at radius 3 is 2.27 bits per heavy atom. The molecule has 0 aliphatic carbocycles. The van der Waals surface area contributed by atoms with Gasteiger partial charge < -0.3 is 14.8 Å². The second kappa shape index (κ2) is 12.0. The minimum absolute atomic E-state index is 0.496. The van der Waals surface area contributed by atoms with Crippen molar-refractivity contribution in [3.05, 3.63) is 0 Å². The summed E-state index contributed by atoms with van der Waals surface area (Å²) in [5.41, 5.74) is 0. The molecule has 0 aromatic carbocycles. The second-order valence-corrected chi connectivity index (χ2v) is 3.75. The molecule has 0 saturated carbocycles. The van der Waals surface area contributed by atoms with Crippen molar-refractivity contribution < 1.29 is 9.47 Å². The lowest BCUT2D eigenvalue weighted by Gasteiger charge is -2.16. The largest absolute Gasteiger partial charge is 0.379 e. The number of ether oxygens (including phenoxy) is 2. The van der Waals surface area contributed by atoms with Crippen LogP contribution in [-0.4, -0.2) is 39.0 Å². The maximum Gasteiger partial charge on any atom is 0.0701 e. The zero-order valence-electron chi connectivity index (χ0n) is 10.6. The van der Waals surface area contributed by atoms with Crippen molar-refractivity contribution in [1.82, 2.24) is 5.32 Å². The van der Waals surface area contributed by atoms with Gasteiger partial charge in [-0.1, -0.05) is 20.8 Å². The number of nitrogens with one attached hydrogen (secondary N) is 1. The fourth-order valence-corrected chi connectivity index (χ4v) is 1.26. The molecule has 92 valence electrons. The Hall–Kier alpha value is -0.120. The van der Waals surface area contributed by atoms with Crippen LogP contribution in [-0.2, 0) is 9.47 Å². The average molecular weight is 217 g/mol. The van der Waals surface area contributed by atoms with Crippen molar-refractivity contribution in [2.45, 2.75) is 46.1 Å². The topological polar surface area (TPSA) is 30.5 Å². The quantitative estimate of drug-likeness (QED) is 0.538. The normalized spacial score (nSPS) is 13.0. The number of hydrogen-bond donors (Lipinski definition) is 1. The van der Waals surface area contributed by atoms with Gasteiger partial charge in [0.15, 0.2) is 0 Å². The van der Waals surface area contributed by atoms with Crippen LogP contribution in [0.2, 0.25) is 0 Å². The predicted octanol–water partition coefficient (Wildman–Crippen LogP) is 2.21. The van der Waals surface area contributed by atoms with Crippen LogP contribution in [0.4, 0.5) is 0 Å². The van der Waals surface area contributed by atoms with E-state index in [-0.39, 0.29) is 0 Å². The van der Waals surface area contributed by atoms with Gasteiger partial charge in [-0.3, -0.25) is 0 Å². The molecule has 1 unspecified atom stereocenters. The standard InChI is InChI=1S/C12H27NO2/c1-4-7-13-12(6-3)11-15-10-9-14-8-5-2/h12-13H,4-11H2,1-3H3. The Bertz CT molecular complexity index is 120. The first-order valence-electron chi connectivity index (χ1n) is 6.23. The van der Waals surface area contributed by atoms with Gasteiger partial charge >= 0.3 is 0 Å². The van der Waals surface area contributed by atoms with Crippen molar-refractivity contribution in [2.75, 3.05) is 33.0 Å². The summed E-state index contributed by atoms with van der Waals surface area (Å²) in [6.45, 7) is 10.6. The van der Waals surface area contributed by atoms with E-state index in [4.69, 9.17) is 9.47 Å². The lowest BCUT2D eigenvalue weighted by Crippen LogP contribution is -2.33. The molecule has 0 amide bonds. The highest BCUT2D eigenvalue weighted by atomic mass is 16.5. The van der Waals surface area contributed by atoms with Gasteiger partial charge in [0.25, 0.3) is 0 Å². The summed E-state index contributed by atoms with van der Waals surface area (Å²) in [5, 5.41) is 3.46. The van der Waals surface area contributed by atoms with E-state index in [0.717, 1.165) is 39.2 Å². The molecule has 0 aromatic heterocycles. The van der Waals surface area contributed by atoms with Gasteiger partial charge in [-0.2, -0.15) is 0 Å². The van der Waals surface area contributed by atoms with E-state index in [9.17, 15) is 0 Å². The minimum atomic E-state index is 0.496. The molecule has 15 heavy (non-hydrogen) atoms. The van der Waals surface area contributed by atoms with E-state index in [0.29, 0.717) is 12.6 Å². The summed E-state index contributed by atoms with van der Waals surface area (Å²) >= 11 is 0. The fourth-order valence-electron chi connectivity index (χ4n) is 1.26. The molecular formula is C12H27NO2. The molecule has 0 bridgehead atoms. The van der Waals surface area contributed by atoms with Gasteiger partial charge in [-0.05, 0) is 25.8 Å². The highest BCUT2D eigenvalue weighted by Gasteiger charge is 2.03. The van der Waals surface area contributed by atoms with Crippen LogP contribution in [0.5, 0.6) is 0 Å². The zero-order chi connectivity index (χ0) is 11.4. The average Bonchev–Trinajstić information content (AvgIpc) is 2.27. The molecule has 0 rings (SSSR count).